The normalized spacial score (nSPS) is 13.8. The molecule has 37 heavy (non-hydrogen) atoms. The number of rotatable bonds is 5. The zero-order valence-corrected chi connectivity index (χ0v) is 22.5. The van der Waals surface area contributed by atoms with E-state index in [4.69, 9.17) is 4.52 Å². The van der Waals surface area contributed by atoms with Crippen LogP contribution in [0.4, 0.5) is 5.69 Å². The third-order valence-corrected chi connectivity index (χ3v) is 6.20. The molecule has 0 saturated carbocycles. The molecule has 4 aromatic rings. The predicted molar refractivity (Wildman–Crippen MR) is 144 cm³/mol. The summed E-state index contributed by atoms with van der Waals surface area (Å²) in [5.74, 6) is 0.116. The van der Waals surface area contributed by atoms with Crippen LogP contribution in [-0.4, -0.2) is 56.8 Å². The molecular formula is C27H36N8O2. The molecule has 5 rings (SSSR count). The van der Waals surface area contributed by atoms with Crippen LogP contribution in [0.5, 0.6) is 0 Å². The molecule has 1 fully saturated rings. The van der Waals surface area contributed by atoms with Crippen molar-refractivity contribution >= 4 is 17.1 Å². The van der Waals surface area contributed by atoms with Crippen molar-refractivity contribution in [1.82, 2.24) is 35.4 Å². The molecule has 196 valence electrons. The summed E-state index contributed by atoms with van der Waals surface area (Å²) in [6.45, 7) is 16.2. The fourth-order valence-corrected chi connectivity index (χ4v) is 4.15. The quantitative estimate of drug-likeness (QED) is 0.422. The van der Waals surface area contributed by atoms with Crippen LogP contribution in [-0.2, 0) is 12.0 Å². The van der Waals surface area contributed by atoms with Crippen molar-refractivity contribution < 1.29 is 9.32 Å². The molecule has 10 nitrogen and oxygen atoms in total. The number of anilines is 1. The molecule has 1 saturated heterocycles. The van der Waals surface area contributed by atoms with E-state index < -0.39 is 0 Å². The average molecular weight is 505 g/mol. The lowest BCUT2D eigenvalue weighted by Crippen LogP contribution is -2.43. The molecule has 1 aromatic carbocycles. The van der Waals surface area contributed by atoms with Gasteiger partial charge in [-0.1, -0.05) is 51.9 Å². The second-order valence-corrected chi connectivity index (χ2v) is 9.87. The van der Waals surface area contributed by atoms with E-state index >= 15 is 0 Å². The van der Waals surface area contributed by atoms with Crippen LogP contribution in [0.15, 0.2) is 41.3 Å². The average Bonchev–Trinajstić information content (AvgIpc) is 3.57. The van der Waals surface area contributed by atoms with Gasteiger partial charge in [-0.25, -0.2) is 9.50 Å². The number of nitrogens with one attached hydrogen (secondary N) is 2. The monoisotopic (exact) mass is 504 g/mol. The second-order valence-electron chi connectivity index (χ2n) is 9.87. The summed E-state index contributed by atoms with van der Waals surface area (Å²) in [6, 6.07) is 8.29. The number of amides is 1. The molecule has 2 N–H and O–H groups in total. The summed E-state index contributed by atoms with van der Waals surface area (Å²) in [7, 11) is 0. The van der Waals surface area contributed by atoms with Crippen molar-refractivity contribution in [2.45, 2.75) is 53.5 Å². The van der Waals surface area contributed by atoms with Crippen LogP contribution in [0.25, 0.3) is 16.8 Å². The highest BCUT2D eigenvalue weighted by atomic mass is 16.5. The van der Waals surface area contributed by atoms with Gasteiger partial charge in [-0.05, 0) is 30.2 Å². The SMILES string of the molecule is CC.Cc1cc(-c2ncnn3cc(N4CCNCC4)cc23)ccc1CNC(=O)c1noc(C(C)(C)C)n1. The molecule has 0 unspecified atom stereocenters. The third kappa shape index (κ3) is 5.80. The standard InChI is InChI=1S/C25H30N8O2.C2H6/c1-16-11-17(5-6-18(16)13-27-23(34)22-30-24(35-31-22)25(2,3)4)21-20-12-19(14-33(20)29-15-28-21)32-9-7-26-8-10-32;1-2/h5-6,11-12,14-15,26H,7-10,13H2,1-4H3,(H,27,34);1-2H3. The Morgan fingerprint density at radius 3 is 2.59 bits per heavy atom. The summed E-state index contributed by atoms with van der Waals surface area (Å²) in [4.78, 5) is 23.7. The number of benzene rings is 1. The number of carbonyl (C=O) groups excluding carboxylic acids is 1. The van der Waals surface area contributed by atoms with Gasteiger partial charge in [-0.3, -0.25) is 4.79 Å². The van der Waals surface area contributed by atoms with Gasteiger partial charge in [0.05, 0.1) is 23.1 Å². The van der Waals surface area contributed by atoms with E-state index in [0.717, 1.165) is 59.8 Å². The number of hydrogen-bond acceptors (Lipinski definition) is 8. The largest absolute Gasteiger partial charge is 0.368 e. The molecule has 1 aliphatic rings. The number of aryl methyl sites for hydroxylation is 1. The van der Waals surface area contributed by atoms with Gasteiger partial charge in [-0.15, -0.1) is 0 Å². The van der Waals surface area contributed by atoms with Crippen molar-refractivity contribution in [3.8, 4) is 11.3 Å². The number of hydrogen-bond donors (Lipinski definition) is 2. The summed E-state index contributed by atoms with van der Waals surface area (Å²) in [5.41, 5.74) is 5.74. The van der Waals surface area contributed by atoms with Crippen LogP contribution in [0.3, 0.4) is 0 Å². The minimum absolute atomic E-state index is 0.0427. The highest BCUT2D eigenvalue weighted by Crippen LogP contribution is 2.28. The lowest BCUT2D eigenvalue weighted by atomic mass is 9.97. The highest BCUT2D eigenvalue weighted by molar-refractivity contribution is 5.90. The van der Waals surface area contributed by atoms with Crippen molar-refractivity contribution in [3.05, 3.63) is 59.6 Å². The first-order valence-corrected chi connectivity index (χ1v) is 12.8. The topological polar surface area (TPSA) is 113 Å². The van der Waals surface area contributed by atoms with Gasteiger partial charge in [0.2, 0.25) is 5.89 Å². The van der Waals surface area contributed by atoms with E-state index in [2.05, 4.69) is 54.1 Å². The Hall–Kier alpha value is -3.79. The van der Waals surface area contributed by atoms with Gasteiger partial charge in [0.15, 0.2) is 0 Å². The molecule has 3 aromatic heterocycles. The fourth-order valence-electron chi connectivity index (χ4n) is 4.15. The predicted octanol–water partition coefficient (Wildman–Crippen LogP) is 3.75. The first-order chi connectivity index (χ1) is 17.8. The molecule has 0 spiro atoms. The van der Waals surface area contributed by atoms with Crippen molar-refractivity contribution in [2.75, 3.05) is 31.1 Å². The van der Waals surface area contributed by atoms with Crippen molar-refractivity contribution in [2.24, 2.45) is 0 Å². The Morgan fingerprint density at radius 2 is 1.92 bits per heavy atom. The maximum Gasteiger partial charge on any atom is 0.292 e. The van der Waals surface area contributed by atoms with Gasteiger partial charge in [0.1, 0.15) is 6.33 Å². The maximum absolute atomic E-state index is 12.5. The number of nitrogens with zero attached hydrogens (tertiary/aromatic N) is 6. The van der Waals surface area contributed by atoms with E-state index in [1.807, 2.05) is 58.2 Å². The van der Waals surface area contributed by atoms with Crippen LogP contribution in [0.2, 0.25) is 0 Å². The number of carbonyl (C=O) groups is 1. The Bertz CT molecular complexity index is 1360. The van der Waals surface area contributed by atoms with E-state index in [9.17, 15) is 4.79 Å². The van der Waals surface area contributed by atoms with Crippen LogP contribution in [0, 0.1) is 6.92 Å². The molecule has 10 heteroatoms. The van der Waals surface area contributed by atoms with Crippen molar-refractivity contribution in [1.29, 1.82) is 0 Å². The number of piperazine rings is 1. The van der Waals surface area contributed by atoms with Gasteiger partial charge in [0.25, 0.3) is 11.7 Å². The lowest BCUT2D eigenvalue weighted by molar-refractivity contribution is 0.0937. The number of aromatic nitrogens is 5. The van der Waals surface area contributed by atoms with Crippen LogP contribution < -0.4 is 15.5 Å². The van der Waals surface area contributed by atoms with Gasteiger partial charge >= 0.3 is 0 Å². The zero-order valence-electron chi connectivity index (χ0n) is 22.5. The Labute approximate surface area is 217 Å². The van der Waals surface area contributed by atoms with Crippen LogP contribution in [0.1, 0.15) is 62.3 Å². The molecule has 1 aliphatic heterocycles. The Balaban J connectivity index is 0.00000156. The maximum atomic E-state index is 12.5. The highest BCUT2D eigenvalue weighted by Gasteiger charge is 2.24. The minimum Gasteiger partial charge on any atom is -0.368 e. The molecule has 0 radical (unpaired) electrons. The van der Waals surface area contributed by atoms with E-state index in [1.54, 1.807) is 6.33 Å². The smallest absolute Gasteiger partial charge is 0.292 e. The molecule has 0 bridgehead atoms. The fraction of sp³-hybridized carbons (Fsp3) is 0.444. The second kappa shape index (κ2) is 11.1. The Morgan fingerprint density at radius 1 is 1.16 bits per heavy atom. The van der Waals surface area contributed by atoms with E-state index in [0.29, 0.717) is 12.4 Å². The number of fused-ring (bicyclic) bond motifs is 1. The summed E-state index contributed by atoms with van der Waals surface area (Å²) < 4.78 is 7.11. The van der Waals surface area contributed by atoms with E-state index in [-0.39, 0.29) is 17.1 Å². The van der Waals surface area contributed by atoms with Crippen molar-refractivity contribution in [3.63, 3.8) is 0 Å². The first kappa shape index (κ1) is 26.3. The third-order valence-electron chi connectivity index (χ3n) is 6.20. The van der Waals surface area contributed by atoms with E-state index in [1.165, 1.54) is 0 Å². The summed E-state index contributed by atoms with van der Waals surface area (Å²) in [5, 5.41) is 14.5. The minimum atomic E-state index is -0.362. The zero-order chi connectivity index (χ0) is 26.6. The van der Waals surface area contributed by atoms with Gasteiger partial charge in [0, 0.05) is 43.7 Å². The van der Waals surface area contributed by atoms with Gasteiger partial charge in [-0.2, -0.15) is 10.1 Å². The van der Waals surface area contributed by atoms with Crippen LogP contribution >= 0.6 is 0 Å². The summed E-state index contributed by atoms with van der Waals surface area (Å²) in [6.07, 6.45) is 3.65. The first-order valence-electron chi connectivity index (χ1n) is 12.8. The molecule has 1 amide bonds. The van der Waals surface area contributed by atoms with Gasteiger partial charge < -0.3 is 20.1 Å². The summed E-state index contributed by atoms with van der Waals surface area (Å²) >= 11 is 0. The molecular weight excluding hydrogens is 468 g/mol. The lowest BCUT2D eigenvalue weighted by Gasteiger charge is -2.28. The Kier molecular flexibility index (Phi) is 7.87. The molecule has 0 aliphatic carbocycles. The molecule has 0 atom stereocenters. The molecule has 4 heterocycles.